The van der Waals surface area contributed by atoms with Crippen LogP contribution in [0.3, 0.4) is 0 Å². The van der Waals surface area contributed by atoms with E-state index in [2.05, 4.69) is 32.9 Å². The van der Waals surface area contributed by atoms with E-state index in [0.717, 1.165) is 50.9 Å². The van der Waals surface area contributed by atoms with Gasteiger partial charge in [-0.05, 0) is 78.4 Å². The summed E-state index contributed by atoms with van der Waals surface area (Å²) in [7, 11) is 1.68. The third-order valence-electron chi connectivity index (χ3n) is 7.33. The second kappa shape index (κ2) is 11.3. The quantitative estimate of drug-likeness (QED) is 0.192. The van der Waals surface area contributed by atoms with Crippen LogP contribution in [0.4, 0.5) is 0 Å². The number of rotatable bonds is 8. The minimum Gasteiger partial charge on any atom is -0.496 e. The third kappa shape index (κ3) is 5.09. The molecule has 6 nitrogen and oxygen atoms in total. The van der Waals surface area contributed by atoms with Crippen LogP contribution in [0.1, 0.15) is 56.7 Å². The molecule has 0 saturated heterocycles. The van der Waals surface area contributed by atoms with E-state index in [1.54, 1.807) is 19.4 Å². The van der Waals surface area contributed by atoms with Crippen LogP contribution in [0.15, 0.2) is 82.7 Å². The molecule has 5 aromatic rings. The van der Waals surface area contributed by atoms with Crippen LogP contribution < -0.4 is 15.0 Å². The van der Waals surface area contributed by atoms with E-state index in [4.69, 9.17) is 19.6 Å². The molecule has 1 heterocycles. The molecular weight excluding hydrogens is 498 g/mol. The lowest BCUT2D eigenvalue weighted by atomic mass is 9.96. The molecular formula is C34H35N3O3. The van der Waals surface area contributed by atoms with Gasteiger partial charge < -0.3 is 9.47 Å². The first-order chi connectivity index (χ1) is 19.3. The monoisotopic (exact) mass is 533 g/mol. The van der Waals surface area contributed by atoms with Gasteiger partial charge in [-0.15, -0.1) is 0 Å². The molecule has 0 unspecified atom stereocenters. The molecule has 5 rings (SSSR count). The lowest BCUT2D eigenvalue weighted by Crippen LogP contribution is -2.21. The fourth-order valence-corrected chi connectivity index (χ4v) is 4.90. The van der Waals surface area contributed by atoms with Gasteiger partial charge in [0, 0.05) is 11.1 Å². The van der Waals surface area contributed by atoms with E-state index >= 15 is 0 Å². The lowest BCUT2D eigenvalue weighted by molar-refractivity contribution is 0.217. The van der Waals surface area contributed by atoms with E-state index in [-0.39, 0.29) is 17.6 Å². The van der Waals surface area contributed by atoms with Crippen molar-refractivity contribution in [2.45, 2.75) is 53.1 Å². The standard InChI is InChI=1S/C34H35N3O3/c1-7-23(5)40-31-17-16-24-12-8-9-13-25(24)29(31)20-35-37-33(36-30-15-11-10-14-26(30)34(37)38)28-19-27(21(2)3)32(39-6)18-22(28)4/h8-21,23H,7H2,1-6H3/t23-/m1/s1. The highest BCUT2D eigenvalue weighted by Gasteiger charge is 2.19. The Balaban J connectivity index is 1.78. The van der Waals surface area contributed by atoms with E-state index < -0.39 is 0 Å². The Morgan fingerprint density at radius 2 is 1.68 bits per heavy atom. The number of benzene rings is 4. The molecule has 0 aliphatic rings. The smallest absolute Gasteiger partial charge is 0.282 e. The highest BCUT2D eigenvalue weighted by atomic mass is 16.5. The number of hydrogen-bond donors (Lipinski definition) is 0. The highest BCUT2D eigenvalue weighted by molar-refractivity contribution is 6.02. The molecule has 0 N–H and O–H groups in total. The fraction of sp³-hybridized carbons (Fsp3) is 0.265. The third-order valence-corrected chi connectivity index (χ3v) is 7.33. The largest absolute Gasteiger partial charge is 0.496 e. The predicted octanol–water partition coefficient (Wildman–Crippen LogP) is 7.72. The molecule has 1 aromatic heterocycles. The minimum atomic E-state index is -0.234. The number of methoxy groups -OCH3 is 1. The van der Waals surface area contributed by atoms with E-state index in [9.17, 15) is 4.79 Å². The molecule has 0 saturated carbocycles. The van der Waals surface area contributed by atoms with Gasteiger partial charge in [0.25, 0.3) is 5.56 Å². The Morgan fingerprint density at radius 1 is 0.950 bits per heavy atom. The van der Waals surface area contributed by atoms with Crippen LogP contribution in [0.2, 0.25) is 0 Å². The summed E-state index contributed by atoms with van der Waals surface area (Å²) in [6.07, 6.45) is 2.63. The Hall–Kier alpha value is -4.45. The van der Waals surface area contributed by atoms with Gasteiger partial charge in [0.1, 0.15) is 11.5 Å². The zero-order valence-corrected chi connectivity index (χ0v) is 23.9. The van der Waals surface area contributed by atoms with E-state index in [1.807, 2.05) is 68.4 Å². The van der Waals surface area contributed by atoms with Crippen molar-refractivity contribution in [1.82, 2.24) is 9.66 Å². The van der Waals surface area contributed by atoms with Crippen molar-refractivity contribution >= 4 is 27.9 Å². The van der Waals surface area contributed by atoms with Gasteiger partial charge in [-0.3, -0.25) is 4.79 Å². The summed E-state index contributed by atoms with van der Waals surface area (Å²) in [5.74, 6) is 2.24. The summed E-state index contributed by atoms with van der Waals surface area (Å²) < 4.78 is 13.4. The van der Waals surface area contributed by atoms with Crippen molar-refractivity contribution < 1.29 is 9.47 Å². The molecule has 0 amide bonds. The van der Waals surface area contributed by atoms with E-state index in [0.29, 0.717) is 16.7 Å². The number of nitrogens with zero attached hydrogens (tertiary/aromatic N) is 3. The number of fused-ring (bicyclic) bond motifs is 2. The second-order valence-electron chi connectivity index (χ2n) is 10.4. The fourth-order valence-electron chi connectivity index (χ4n) is 4.90. The van der Waals surface area contributed by atoms with Gasteiger partial charge in [0.15, 0.2) is 5.82 Å². The highest BCUT2D eigenvalue weighted by Crippen LogP contribution is 2.34. The van der Waals surface area contributed by atoms with Crippen LogP contribution in [-0.2, 0) is 0 Å². The molecule has 0 spiro atoms. The first kappa shape index (κ1) is 27.1. The normalized spacial score (nSPS) is 12.5. The summed E-state index contributed by atoms with van der Waals surface area (Å²) in [5, 5.41) is 7.38. The summed E-state index contributed by atoms with van der Waals surface area (Å²) in [4.78, 5) is 18.9. The summed E-state index contributed by atoms with van der Waals surface area (Å²) in [6.45, 7) is 10.4. The topological polar surface area (TPSA) is 65.7 Å². The summed E-state index contributed by atoms with van der Waals surface area (Å²) >= 11 is 0. The number of para-hydroxylation sites is 1. The van der Waals surface area contributed by atoms with Gasteiger partial charge in [-0.25, -0.2) is 4.98 Å². The van der Waals surface area contributed by atoms with Gasteiger partial charge >= 0.3 is 0 Å². The predicted molar refractivity (Wildman–Crippen MR) is 164 cm³/mol. The van der Waals surface area contributed by atoms with Crippen molar-refractivity contribution in [1.29, 1.82) is 0 Å². The van der Waals surface area contributed by atoms with Crippen molar-refractivity contribution in [3.05, 3.63) is 99.8 Å². The molecule has 0 bridgehead atoms. The van der Waals surface area contributed by atoms with Gasteiger partial charge in [-0.1, -0.05) is 63.2 Å². The number of hydrogen-bond acceptors (Lipinski definition) is 5. The van der Waals surface area contributed by atoms with Crippen molar-refractivity contribution in [3.63, 3.8) is 0 Å². The molecule has 40 heavy (non-hydrogen) atoms. The molecule has 204 valence electrons. The van der Waals surface area contributed by atoms with Crippen molar-refractivity contribution in [2.75, 3.05) is 7.11 Å². The number of aryl methyl sites for hydroxylation is 1. The Labute approximate surface area is 234 Å². The molecule has 1 atom stereocenters. The van der Waals surface area contributed by atoms with Gasteiger partial charge in [0.2, 0.25) is 0 Å². The van der Waals surface area contributed by atoms with Crippen LogP contribution in [0, 0.1) is 6.92 Å². The summed E-state index contributed by atoms with van der Waals surface area (Å²) in [5.41, 5.74) is 4.03. The maximum absolute atomic E-state index is 13.9. The summed E-state index contributed by atoms with van der Waals surface area (Å²) in [6, 6.07) is 23.6. The maximum Gasteiger partial charge on any atom is 0.282 e. The molecule has 4 aromatic carbocycles. The average Bonchev–Trinajstić information content (AvgIpc) is 2.96. The van der Waals surface area contributed by atoms with Crippen molar-refractivity contribution in [2.24, 2.45) is 5.10 Å². The number of ether oxygens (including phenoxy) is 2. The first-order valence-electron chi connectivity index (χ1n) is 13.8. The second-order valence-corrected chi connectivity index (χ2v) is 10.4. The average molecular weight is 534 g/mol. The molecule has 6 heteroatoms. The minimum absolute atomic E-state index is 0.0327. The van der Waals surface area contributed by atoms with Crippen LogP contribution in [-0.4, -0.2) is 29.1 Å². The molecule has 0 radical (unpaired) electrons. The first-order valence-corrected chi connectivity index (χ1v) is 13.8. The Bertz CT molecular complexity index is 1790. The maximum atomic E-state index is 13.9. The van der Waals surface area contributed by atoms with Crippen LogP contribution >= 0.6 is 0 Å². The van der Waals surface area contributed by atoms with Gasteiger partial charge in [-0.2, -0.15) is 9.78 Å². The lowest BCUT2D eigenvalue weighted by Gasteiger charge is -2.18. The molecule has 0 fully saturated rings. The Morgan fingerprint density at radius 3 is 2.40 bits per heavy atom. The molecule has 0 aliphatic carbocycles. The number of aromatic nitrogens is 2. The van der Waals surface area contributed by atoms with E-state index in [1.165, 1.54) is 4.68 Å². The Kier molecular flexibility index (Phi) is 7.69. The van der Waals surface area contributed by atoms with Crippen LogP contribution in [0.5, 0.6) is 11.5 Å². The van der Waals surface area contributed by atoms with Gasteiger partial charge in [0.05, 0.1) is 30.3 Å². The zero-order valence-electron chi connectivity index (χ0n) is 23.9. The van der Waals surface area contributed by atoms with Crippen molar-refractivity contribution in [3.8, 4) is 22.9 Å². The zero-order chi connectivity index (χ0) is 28.4. The SMILES string of the molecule is CC[C@@H](C)Oc1ccc2ccccc2c1C=Nn1c(-c2cc(C(C)C)c(OC)cc2C)nc2ccccc2c1=O. The molecule has 0 aliphatic heterocycles. The van der Waals surface area contributed by atoms with Crippen LogP contribution in [0.25, 0.3) is 33.1 Å².